The van der Waals surface area contributed by atoms with Gasteiger partial charge in [-0.05, 0) is 32.4 Å². The van der Waals surface area contributed by atoms with E-state index in [1.165, 1.54) is 0 Å². The number of alkyl carbamates (subject to hydrolysis) is 1. The lowest BCUT2D eigenvalue weighted by Gasteiger charge is -2.19. The number of aromatic nitrogens is 1. The SMILES string of the molecule is CC(C)(C)OC(=O)NCCSCc1c[nH]ccc1=S. The largest absolute Gasteiger partial charge is 0.444 e. The van der Waals surface area contributed by atoms with Gasteiger partial charge in [0.15, 0.2) is 0 Å². The molecule has 1 aromatic heterocycles. The van der Waals surface area contributed by atoms with Crippen molar-refractivity contribution in [1.82, 2.24) is 10.3 Å². The third kappa shape index (κ3) is 7.22. The second kappa shape index (κ2) is 7.55. The molecule has 1 heterocycles. The number of hydrogen-bond donors (Lipinski definition) is 2. The zero-order chi connectivity index (χ0) is 14.3. The van der Waals surface area contributed by atoms with Gasteiger partial charge in [0.2, 0.25) is 0 Å². The van der Waals surface area contributed by atoms with Gasteiger partial charge in [-0.15, -0.1) is 0 Å². The van der Waals surface area contributed by atoms with Crippen molar-refractivity contribution in [3.05, 3.63) is 28.5 Å². The van der Waals surface area contributed by atoms with Crippen molar-refractivity contribution in [3.63, 3.8) is 0 Å². The van der Waals surface area contributed by atoms with Crippen LogP contribution in [0.1, 0.15) is 26.3 Å². The Labute approximate surface area is 123 Å². The number of thioether (sulfide) groups is 1. The highest BCUT2D eigenvalue weighted by Crippen LogP contribution is 2.12. The molecule has 6 heteroatoms. The summed E-state index contributed by atoms with van der Waals surface area (Å²) >= 11 is 6.93. The molecule has 0 unspecified atom stereocenters. The molecule has 19 heavy (non-hydrogen) atoms. The van der Waals surface area contributed by atoms with E-state index in [-0.39, 0.29) is 6.09 Å². The average Bonchev–Trinajstić information content (AvgIpc) is 2.28. The van der Waals surface area contributed by atoms with Crippen molar-refractivity contribution < 1.29 is 9.53 Å². The second-order valence-electron chi connectivity index (χ2n) is 5.02. The first-order valence-corrected chi connectivity index (χ1v) is 7.65. The minimum absolute atomic E-state index is 0.370. The van der Waals surface area contributed by atoms with Crippen LogP contribution in [-0.4, -0.2) is 29.0 Å². The van der Waals surface area contributed by atoms with Crippen LogP contribution < -0.4 is 5.32 Å². The molecule has 0 bridgehead atoms. The van der Waals surface area contributed by atoms with Crippen LogP contribution >= 0.6 is 24.0 Å². The lowest BCUT2D eigenvalue weighted by molar-refractivity contribution is 0.0531. The number of nitrogens with one attached hydrogen (secondary N) is 2. The lowest BCUT2D eigenvalue weighted by Crippen LogP contribution is -2.33. The van der Waals surface area contributed by atoms with E-state index in [1.807, 2.05) is 39.2 Å². The number of hydrogen-bond acceptors (Lipinski definition) is 4. The molecular formula is C13H20N2O2S2. The van der Waals surface area contributed by atoms with Gasteiger partial charge in [0.05, 0.1) is 0 Å². The lowest BCUT2D eigenvalue weighted by atomic mass is 10.2. The van der Waals surface area contributed by atoms with Crippen LogP contribution in [0.2, 0.25) is 0 Å². The van der Waals surface area contributed by atoms with E-state index >= 15 is 0 Å². The van der Waals surface area contributed by atoms with Crippen LogP contribution in [0.3, 0.4) is 0 Å². The van der Waals surface area contributed by atoms with Crippen LogP contribution in [0.25, 0.3) is 0 Å². The van der Waals surface area contributed by atoms with Gasteiger partial charge in [-0.2, -0.15) is 11.8 Å². The van der Waals surface area contributed by atoms with Gasteiger partial charge in [0.1, 0.15) is 5.60 Å². The van der Waals surface area contributed by atoms with E-state index < -0.39 is 5.60 Å². The second-order valence-corrected chi connectivity index (χ2v) is 6.56. The minimum Gasteiger partial charge on any atom is -0.444 e. The molecule has 0 saturated heterocycles. The number of rotatable bonds is 5. The molecule has 0 fully saturated rings. The van der Waals surface area contributed by atoms with Gasteiger partial charge in [-0.3, -0.25) is 0 Å². The Morgan fingerprint density at radius 3 is 2.89 bits per heavy atom. The molecule has 0 aliphatic rings. The minimum atomic E-state index is -0.450. The average molecular weight is 300 g/mol. The summed E-state index contributed by atoms with van der Waals surface area (Å²) in [6.45, 7) is 6.12. The first-order chi connectivity index (χ1) is 8.88. The van der Waals surface area contributed by atoms with Gasteiger partial charge in [-0.25, -0.2) is 4.79 Å². The Hall–Kier alpha value is -1.01. The standard InChI is InChI=1S/C13H20N2O2S2/c1-13(2,3)17-12(16)15-6-7-19-9-10-8-14-5-4-11(10)18/h4-5,8H,6-7,9H2,1-3H3,(H,14,18)(H,15,16). The number of ether oxygens (including phenoxy) is 1. The topological polar surface area (TPSA) is 54.1 Å². The molecule has 4 nitrogen and oxygen atoms in total. The number of aromatic amines is 1. The van der Waals surface area contributed by atoms with Crippen LogP contribution in [0.15, 0.2) is 18.5 Å². The maximum Gasteiger partial charge on any atom is 0.407 e. The molecule has 0 aliphatic heterocycles. The van der Waals surface area contributed by atoms with Gasteiger partial charge in [-0.1, -0.05) is 12.2 Å². The summed E-state index contributed by atoms with van der Waals surface area (Å²) in [5, 5.41) is 2.72. The Kier molecular flexibility index (Phi) is 6.37. The number of amides is 1. The Morgan fingerprint density at radius 2 is 2.26 bits per heavy atom. The van der Waals surface area contributed by atoms with Gasteiger partial charge in [0.25, 0.3) is 0 Å². The van der Waals surface area contributed by atoms with Gasteiger partial charge < -0.3 is 15.0 Å². The van der Waals surface area contributed by atoms with Gasteiger partial charge in [0, 0.05) is 35.0 Å². The fraction of sp³-hybridized carbons (Fsp3) is 0.538. The molecule has 1 rings (SSSR count). The molecule has 106 valence electrons. The first kappa shape index (κ1) is 16.0. The zero-order valence-corrected chi connectivity index (χ0v) is 13.1. The third-order valence-electron chi connectivity index (χ3n) is 2.08. The van der Waals surface area contributed by atoms with Crippen LogP contribution in [-0.2, 0) is 10.5 Å². The highest BCUT2D eigenvalue weighted by molar-refractivity contribution is 7.98. The fourth-order valence-electron chi connectivity index (χ4n) is 1.29. The fourth-order valence-corrected chi connectivity index (χ4v) is 2.43. The maximum absolute atomic E-state index is 11.4. The Bertz CT molecular complexity index is 466. The smallest absolute Gasteiger partial charge is 0.407 e. The summed E-state index contributed by atoms with van der Waals surface area (Å²) in [5.74, 6) is 1.66. The number of carbonyl (C=O) groups excluding carboxylic acids is 1. The normalized spacial score (nSPS) is 11.1. The molecule has 0 atom stereocenters. The summed E-state index contributed by atoms with van der Waals surface area (Å²) < 4.78 is 6.01. The predicted molar refractivity (Wildman–Crippen MR) is 82.0 cm³/mol. The van der Waals surface area contributed by atoms with E-state index in [1.54, 1.807) is 11.8 Å². The number of pyridine rings is 1. The summed E-state index contributed by atoms with van der Waals surface area (Å²) in [4.78, 5) is 14.4. The van der Waals surface area contributed by atoms with E-state index in [9.17, 15) is 4.79 Å². The predicted octanol–water partition coefficient (Wildman–Crippen LogP) is 3.50. The highest BCUT2D eigenvalue weighted by atomic mass is 32.2. The van der Waals surface area contributed by atoms with Crippen molar-refractivity contribution in [2.45, 2.75) is 32.1 Å². The first-order valence-electron chi connectivity index (χ1n) is 6.09. The third-order valence-corrected chi connectivity index (χ3v) is 3.48. The molecule has 0 aliphatic carbocycles. The summed E-state index contributed by atoms with van der Waals surface area (Å²) in [7, 11) is 0. The number of H-pyrrole nitrogens is 1. The summed E-state index contributed by atoms with van der Waals surface area (Å²) in [6.07, 6.45) is 3.36. The van der Waals surface area contributed by atoms with E-state index in [0.29, 0.717) is 6.54 Å². The Balaban J connectivity index is 2.17. The van der Waals surface area contributed by atoms with Crippen molar-refractivity contribution >= 4 is 30.1 Å². The monoisotopic (exact) mass is 300 g/mol. The number of carbonyl (C=O) groups is 1. The van der Waals surface area contributed by atoms with Crippen molar-refractivity contribution in [2.24, 2.45) is 0 Å². The molecule has 1 aromatic rings. The van der Waals surface area contributed by atoms with E-state index in [4.69, 9.17) is 17.0 Å². The molecule has 2 N–H and O–H groups in total. The molecule has 0 aromatic carbocycles. The van der Waals surface area contributed by atoms with Crippen LogP contribution in [0.4, 0.5) is 4.79 Å². The van der Waals surface area contributed by atoms with Crippen molar-refractivity contribution in [2.75, 3.05) is 12.3 Å². The van der Waals surface area contributed by atoms with Gasteiger partial charge >= 0.3 is 6.09 Å². The van der Waals surface area contributed by atoms with E-state index in [0.717, 1.165) is 21.6 Å². The molecule has 0 spiro atoms. The highest BCUT2D eigenvalue weighted by Gasteiger charge is 2.15. The summed E-state index contributed by atoms with van der Waals surface area (Å²) in [5.41, 5.74) is 0.661. The molecule has 1 amide bonds. The molecule has 0 radical (unpaired) electrons. The van der Waals surface area contributed by atoms with Crippen molar-refractivity contribution in [1.29, 1.82) is 0 Å². The van der Waals surface area contributed by atoms with Crippen LogP contribution in [0.5, 0.6) is 0 Å². The zero-order valence-electron chi connectivity index (χ0n) is 11.5. The molecule has 0 saturated carbocycles. The molecular weight excluding hydrogens is 280 g/mol. The maximum atomic E-state index is 11.4. The quantitative estimate of drug-likeness (QED) is 0.645. The summed E-state index contributed by atoms with van der Waals surface area (Å²) in [6, 6.07) is 1.88. The van der Waals surface area contributed by atoms with Crippen LogP contribution in [0, 0.1) is 4.51 Å². The van der Waals surface area contributed by atoms with Crippen molar-refractivity contribution in [3.8, 4) is 0 Å². The Morgan fingerprint density at radius 1 is 1.53 bits per heavy atom. The van der Waals surface area contributed by atoms with E-state index in [2.05, 4.69) is 10.3 Å².